The first kappa shape index (κ1) is 16.8. The van der Waals surface area contributed by atoms with Crippen LogP contribution in [0.5, 0.6) is 0 Å². The smallest absolute Gasteiger partial charge is 0.290 e. The molecule has 0 aromatic rings. The van der Waals surface area contributed by atoms with E-state index in [0.717, 1.165) is 0 Å². The molecule has 26 valence electrons. The van der Waals surface area contributed by atoms with Crippen LogP contribution < -0.4 is 0 Å². The van der Waals surface area contributed by atoms with Gasteiger partial charge < -0.3 is 5.11 Å². The predicted octanol–water partition coefficient (Wildman–Crippen LogP) is -0.304. The fourth-order valence-corrected chi connectivity index (χ4v) is 0. The van der Waals surface area contributed by atoms with Crippen molar-refractivity contribution in [2.75, 3.05) is 0 Å². The Balaban J connectivity index is -0.0000000200. The molecule has 0 aromatic carbocycles. The van der Waals surface area contributed by atoms with Crippen molar-refractivity contribution in [3.63, 3.8) is 0 Å². The molecule has 0 heterocycles. The van der Waals surface area contributed by atoms with E-state index in [2.05, 4.69) is 0 Å². The molecule has 0 aliphatic rings. The molecule has 2 nitrogen and oxygen atoms in total. The predicted molar refractivity (Wildman–Crippen MR) is 8.69 cm³/mol. The molecule has 0 amide bonds. The molecular weight excluding hydrogens is 140 g/mol. The topological polar surface area (TPSA) is 37.3 Å². The summed E-state index contributed by atoms with van der Waals surface area (Å²) in [6.07, 6.45) is 0. The molecule has 0 radical (unpaired) electrons. The van der Waals surface area contributed by atoms with Crippen molar-refractivity contribution < 1.29 is 53.3 Å². The maximum Gasteiger partial charge on any atom is 0.290 e. The van der Waals surface area contributed by atoms with E-state index in [1.165, 1.54) is 0 Å². The molecular formula is CH2O2Ti2. The minimum absolute atomic E-state index is 0. The van der Waals surface area contributed by atoms with Gasteiger partial charge in [-0.3, -0.25) is 4.79 Å². The average molecular weight is 142 g/mol. The van der Waals surface area contributed by atoms with Crippen molar-refractivity contribution in [2.24, 2.45) is 0 Å². The van der Waals surface area contributed by atoms with Crippen LogP contribution in [0, 0.1) is 0 Å². The van der Waals surface area contributed by atoms with E-state index in [1.54, 1.807) is 0 Å². The van der Waals surface area contributed by atoms with Crippen LogP contribution in [0.1, 0.15) is 0 Å². The van der Waals surface area contributed by atoms with Crippen molar-refractivity contribution in [3.05, 3.63) is 0 Å². The molecule has 0 unspecified atom stereocenters. The Morgan fingerprint density at radius 2 is 1.40 bits per heavy atom. The maximum absolute atomic E-state index is 8.36. The SMILES string of the molecule is O=CO.[Ti].[Ti]. The van der Waals surface area contributed by atoms with Gasteiger partial charge in [-0.25, -0.2) is 0 Å². The van der Waals surface area contributed by atoms with Gasteiger partial charge in [-0.1, -0.05) is 0 Å². The fourth-order valence-electron chi connectivity index (χ4n) is 0. The van der Waals surface area contributed by atoms with Gasteiger partial charge in [0.25, 0.3) is 6.47 Å². The quantitative estimate of drug-likeness (QED) is 0.372. The molecule has 0 fully saturated rings. The number of rotatable bonds is 0. The van der Waals surface area contributed by atoms with Gasteiger partial charge in [0.2, 0.25) is 0 Å². The van der Waals surface area contributed by atoms with Gasteiger partial charge in [0.15, 0.2) is 0 Å². The van der Waals surface area contributed by atoms with Crippen LogP contribution in [0.15, 0.2) is 0 Å². The zero-order chi connectivity index (χ0) is 2.71. The van der Waals surface area contributed by atoms with Gasteiger partial charge in [0.1, 0.15) is 0 Å². The standard InChI is InChI=1S/CH2O2.2Ti/c2-1-3;;/h1H,(H,2,3);;. The van der Waals surface area contributed by atoms with E-state index < -0.39 is 0 Å². The first-order valence-corrected chi connectivity index (χ1v) is 0.494. The third-order valence-corrected chi connectivity index (χ3v) is 0. The first-order chi connectivity index (χ1) is 1.41. The summed E-state index contributed by atoms with van der Waals surface area (Å²) in [4.78, 5) is 8.36. The zero-order valence-electron chi connectivity index (χ0n) is 2.43. The number of hydrogen-bond acceptors (Lipinski definition) is 1. The Labute approximate surface area is 59.7 Å². The van der Waals surface area contributed by atoms with Crippen LogP contribution in [-0.2, 0) is 48.2 Å². The van der Waals surface area contributed by atoms with Crippen LogP contribution >= 0.6 is 0 Å². The minimum Gasteiger partial charge on any atom is -0.483 e. The van der Waals surface area contributed by atoms with E-state index >= 15 is 0 Å². The summed E-state index contributed by atoms with van der Waals surface area (Å²) in [6, 6.07) is 0. The Kier molecular flexibility index (Phi) is 69.6. The van der Waals surface area contributed by atoms with Gasteiger partial charge in [0, 0.05) is 43.4 Å². The molecule has 0 aliphatic heterocycles. The molecule has 0 bridgehead atoms. The third kappa shape index (κ3) is 51.0. The van der Waals surface area contributed by atoms with E-state index in [-0.39, 0.29) is 49.9 Å². The zero-order valence-corrected chi connectivity index (χ0v) is 5.56. The third-order valence-electron chi connectivity index (χ3n) is 0. The van der Waals surface area contributed by atoms with Gasteiger partial charge >= 0.3 is 0 Å². The van der Waals surface area contributed by atoms with Crippen LogP contribution in [0.4, 0.5) is 0 Å². The Morgan fingerprint density at radius 1 is 1.40 bits per heavy atom. The first-order valence-electron chi connectivity index (χ1n) is 0.494. The van der Waals surface area contributed by atoms with Crippen LogP contribution in [0.2, 0.25) is 0 Å². The van der Waals surface area contributed by atoms with Crippen LogP contribution in [-0.4, -0.2) is 11.6 Å². The summed E-state index contributed by atoms with van der Waals surface area (Å²) in [5, 5.41) is 6.89. The van der Waals surface area contributed by atoms with E-state index in [9.17, 15) is 0 Å². The van der Waals surface area contributed by atoms with Crippen LogP contribution in [0.3, 0.4) is 0 Å². The summed E-state index contributed by atoms with van der Waals surface area (Å²) < 4.78 is 0. The Bertz CT molecular complexity index is 15.1. The van der Waals surface area contributed by atoms with Gasteiger partial charge in [0.05, 0.1) is 0 Å². The number of carbonyl (C=O) groups is 1. The summed E-state index contributed by atoms with van der Waals surface area (Å²) in [5.74, 6) is 0. The molecule has 0 saturated heterocycles. The van der Waals surface area contributed by atoms with Crippen molar-refractivity contribution in [2.45, 2.75) is 0 Å². The summed E-state index contributed by atoms with van der Waals surface area (Å²) in [6.45, 7) is -0.250. The normalized spacial score (nSPS) is 2.40. The summed E-state index contributed by atoms with van der Waals surface area (Å²) >= 11 is 0. The largest absolute Gasteiger partial charge is 0.483 e. The molecule has 0 atom stereocenters. The molecule has 1 N–H and O–H groups in total. The summed E-state index contributed by atoms with van der Waals surface area (Å²) in [7, 11) is 0. The van der Waals surface area contributed by atoms with Crippen LogP contribution in [0.25, 0.3) is 0 Å². The molecule has 5 heavy (non-hydrogen) atoms. The van der Waals surface area contributed by atoms with Crippen molar-refractivity contribution >= 4 is 6.47 Å². The maximum atomic E-state index is 8.36. The average Bonchev–Trinajstić information content (AvgIpc) is 0.918. The second-order valence-corrected chi connectivity index (χ2v) is 0.105. The van der Waals surface area contributed by atoms with E-state index in [0.29, 0.717) is 0 Å². The fraction of sp³-hybridized carbons (Fsp3) is 0. The molecule has 0 saturated carbocycles. The Hall–Kier alpha value is 0.899. The monoisotopic (exact) mass is 142 g/mol. The molecule has 0 spiro atoms. The molecule has 0 aliphatic carbocycles. The number of hydrogen-bond donors (Lipinski definition) is 1. The molecule has 0 rings (SSSR count). The van der Waals surface area contributed by atoms with Gasteiger partial charge in [-0.2, -0.15) is 0 Å². The van der Waals surface area contributed by atoms with E-state index in [4.69, 9.17) is 9.90 Å². The van der Waals surface area contributed by atoms with Gasteiger partial charge in [-0.05, 0) is 0 Å². The van der Waals surface area contributed by atoms with Crippen molar-refractivity contribution in [3.8, 4) is 0 Å². The van der Waals surface area contributed by atoms with E-state index in [1.807, 2.05) is 0 Å². The molecule has 4 heteroatoms. The minimum atomic E-state index is -0.250. The van der Waals surface area contributed by atoms with Crippen molar-refractivity contribution in [1.29, 1.82) is 0 Å². The number of carboxylic acid groups (broad SMARTS) is 1. The second-order valence-electron chi connectivity index (χ2n) is 0.105. The second kappa shape index (κ2) is 20.7. The Morgan fingerprint density at radius 3 is 1.40 bits per heavy atom. The summed E-state index contributed by atoms with van der Waals surface area (Å²) in [5.41, 5.74) is 0. The molecule has 0 aromatic heterocycles. The van der Waals surface area contributed by atoms with Gasteiger partial charge in [-0.15, -0.1) is 0 Å². The van der Waals surface area contributed by atoms with Crippen molar-refractivity contribution in [1.82, 2.24) is 0 Å².